The molecule has 27 heavy (non-hydrogen) atoms. The van der Waals surface area contributed by atoms with E-state index in [1.165, 1.54) is 6.26 Å². The van der Waals surface area contributed by atoms with Gasteiger partial charge in [-0.25, -0.2) is 0 Å². The molecule has 0 saturated heterocycles. The van der Waals surface area contributed by atoms with Crippen LogP contribution in [0, 0.1) is 0 Å². The highest BCUT2D eigenvalue weighted by Crippen LogP contribution is 2.40. The fraction of sp³-hybridized carbons (Fsp3) is 0.150. The smallest absolute Gasteiger partial charge is 0.291 e. The minimum Gasteiger partial charge on any atom is -0.486 e. The molecule has 0 aliphatic carbocycles. The van der Waals surface area contributed by atoms with E-state index >= 15 is 0 Å². The van der Waals surface area contributed by atoms with Crippen molar-refractivity contribution in [3.05, 3.63) is 76.7 Å². The highest BCUT2D eigenvalue weighted by atomic mass is 35.5. The van der Waals surface area contributed by atoms with Gasteiger partial charge >= 0.3 is 0 Å². The Balaban J connectivity index is 1.73. The number of hydrogen-bond donors (Lipinski definition) is 2. The first-order valence-electron chi connectivity index (χ1n) is 8.34. The Morgan fingerprint density at radius 1 is 1.07 bits per heavy atom. The number of carbonyl (C=O) groups excluding carboxylic acids is 1. The lowest BCUT2D eigenvalue weighted by atomic mass is 9.99. The molecule has 2 heterocycles. The predicted molar refractivity (Wildman–Crippen MR) is 99.6 cm³/mol. The predicted octanol–water partition coefficient (Wildman–Crippen LogP) is 4.04. The van der Waals surface area contributed by atoms with Crippen molar-refractivity contribution in [2.45, 2.75) is 6.10 Å². The number of benzene rings is 2. The molecule has 0 spiro atoms. The van der Waals surface area contributed by atoms with Crippen molar-refractivity contribution in [2.24, 2.45) is 0 Å². The molecule has 6 nitrogen and oxygen atoms in total. The number of aliphatic hydroxyl groups excluding tert-OH is 1. The molecule has 1 atom stereocenters. The lowest BCUT2D eigenvalue weighted by Crippen LogP contribution is -2.18. The molecule has 0 unspecified atom stereocenters. The standard InChI is InChI=1S/C20H16ClNO5/c21-13-5-3-12(4-6-13)19(23)14-10-17-18(27-9-8-26-17)11-15(14)22-20(24)16-2-1-7-25-16/h1-7,10-11,19,23H,8-9H2,(H,22,24)/t19-/m1/s1. The molecule has 0 saturated carbocycles. The van der Waals surface area contributed by atoms with E-state index in [9.17, 15) is 9.90 Å². The second-order valence-corrected chi connectivity index (χ2v) is 6.41. The summed E-state index contributed by atoms with van der Waals surface area (Å²) >= 11 is 5.93. The van der Waals surface area contributed by atoms with Gasteiger partial charge in [0.1, 0.15) is 19.3 Å². The van der Waals surface area contributed by atoms with Crippen molar-refractivity contribution >= 4 is 23.2 Å². The van der Waals surface area contributed by atoms with E-state index in [0.717, 1.165) is 0 Å². The topological polar surface area (TPSA) is 80.9 Å². The lowest BCUT2D eigenvalue weighted by molar-refractivity contribution is 0.0996. The second-order valence-electron chi connectivity index (χ2n) is 5.97. The highest BCUT2D eigenvalue weighted by molar-refractivity contribution is 6.30. The van der Waals surface area contributed by atoms with Gasteiger partial charge in [0.25, 0.3) is 5.91 Å². The van der Waals surface area contributed by atoms with Gasteiger partial charge in [-0.2, -0.15) is 0 Å². The summed E-state index contributed by atoms with van der Waals surface area (Å²) in [6.45, 7) is 0.833. The van der Waals surface area contributed by atoms with Gasteiger partial charge in [0, 0.05) is 16.7 Å². The van der Waals surface area contributed by atoms with Crippen LogP contribution in [0.1, 0.15) is 27.8 Å². The number of fused-ring (bicyclic) bond motifs is 1. The van der Waals surface area contributed by atoms with Gasteiger partial charge in [0.05, 0.1) is 12.0 Å². The summed E-state index contributed by atoms with van der Waals surface area (Å²) < 4.78 is 16.3. The summed E-state index contributed by atoms with van der Waals surface area (Å²) in [5, 5.41) is 14.2. The number of furan rings is 1. The number of amides is 1. The summed E-state index contributed by atoms with van der Waals surface area (Å²) in [6, 6.07) is 13.3. The summed E-state index contributed by atoms with van der Waals surface area (Å²) in [5.41, 5.74) is 1.51. The molecule has 0 fully saturated rings. The Morgan fingerprint density at radius 3 is 2.44 bits per heavy atom. The maximum absolute atomic E-state index is 12.4. The summed E-state index contributed by atoms with van der Waals surface area (Å²) in [6.07, 6.45) is 0.423. The maximum Gasteiger partial charge on any atom is 0.291 e. The van der Waals surface area contributed by atoms with Crippen LogP contribution in [-0.4, -0.2) is 24.2 Å². The van der Waals surface area contributed by atoms with Gasteiger partial charge in [-0.15, -0.1) is 0 Å². The van der Waals surface area contributed by atoms with E-state index in [1.54, 1.807) is 48.5 Å². The van der Waals surface area contributed by atoms with E-state index in [0.29, 0.717) is 46.5 Å². The van der Waals surface area contributed by atoms with Crippen LogP contribution in [0.25, 0.3) is 0 Å². The average Bonchev–Trinajstić information content (AvgIpc) is 3.22. The fourth-order valence-corrected chi connectivity index (χ4v) is 2.98. The van der Waals surface area contributed by atoms with Crippen LogP contribution in [0.15, 0.2) is 59.2 Å². The van der Waals surface area contributed by atoms with Crippen molar-refractivity contribution in [1.82, 2.24) is 0 Å². The summed E-state index contributed by atoms with van der Waals surface area (Å²) in [7, 11) is 0. The zero-order valence-electron chi connectivity index (χ0n) is 14.1. The average molecular weight is 386 g/mol. The number of aliphatic hydroxyl groups is 1. The van der Waals surface area contributed by atoms with Crippen molar-refractivity contribution in [2.75, 3.05) is 18.5 Å². The molecule has 2 N–H and O–H groups in total. The van der Waals surface area contributed by atoms with Crippen molar-refractivity contribution < 1.29 is 23.8 Å². The summed E-state index contributed by atoms with van der Waals surface area (Å²) in [4.78, 5) is 12.4. The monoisotopic (exact) mass is 385 g/mol. The largest absolute Gasteiger partial charge is 0.486 e. The van der Waals surface area contributed by atoms with E-state index in [-0.39, 0.29) is 5.76 Å². The molecule has 4 rings (SSSR count). The molecule has 138 valence electrons. The Kier molecular flexibility index (Phi) is 4.75. The Bertz CT molecular complexity index is 953. The molecule has 0 bridgehead atoms. The number of hydrogen-bond acceptors (Lipinski definition) is 5. The van der Waals surface area contributed by atoms with Crippen LogP contribution < -0.4 is 14.8 Å². The van der Waals surface area contributed by atoms with Gasteiger partial charge in [-0.05, 0) is 35.9 Å². The molecule has 2 aromatic carbocycles. The third-order valence-corrected chi connectivity index (χ3v) is 4.44. The number of carbonyl (C=O) groups is 1. The SMILES string of the molecule is O=C(Nc1cc2c(cc1[C@H](O)c1ccc(Cl)cc1)OCCO2)c1ccco1. The van der Waals surface area contributed by atoms with E-state index in [2.05, 4.69) is 5.32 Å². The number of halogens is 1. The third-order valence-electron chi connectivity index (χ3n) is 4.19. The molecule has 7 heteroatoms. The number of nitrogens with one attached hydrogen (secondary N) is 1. The molecular weight excluding hydrogens is 370 g/mol. The zero-order valence-corrected chi connectivity index (χ0v) is 14.9. The molecule has 1 aromatic heterocycles. The van der Waals surface area contributed by atoms with Gasteiger partial charge < -0.3 is 24.3 Å². The molecule has 1 amide bonds. The van der Waals surface area contributed by atoms with Crippen molar-refractivity contribution in [1.29, 1.82) is 0 Å². The lowest BCUT2D eigenvalue weighted by Gasteiger charge is -2.23. The van der Waals surface area contributed by atoms with Crippen LogP contribution >= 0.6 is 11.6 Å². The highest BCUT2D eigenvalue weighted by Gasteiger charge is 2.23. The first-order chi connectivity index (χ1) is 13.1. The normalized spacial score (nSPS) is 13.9. The van der Waals surface area contributed by atoms with Crippen molar-refractivity contribution in [3.63, 3.8) is 0 Å². The van der Waals surface area contributed by atoms with E-state index < -0.39 is 12.0 Å². The molecular formula is C20H16ClNO5. The first-order valence-corrected chi connectivity index (χ1v) is 8.71. The summed E-state index contributed by atoms with van der Waals surface area (Å²) in [5.74, 6) is 0.751. The molecule has 0 radical (unpaired) electrons. The quantitative estimate of drug-likeness (QED) is 0.708. The van der Waals surface area contributed by atoms with Crippen LogP contribution in [0.2, 0.25) is 5.02 Å². The molecule has 3 aromatic rings. The molecule has 1 aliphatic heterocycles. The Hall–Kier alpha value is -2.96. The molecule has 1 aliphatic rings. The Morgan fingerprint density at radius 2 is 1.78 bits per heavy atom. The number of rotatable bonds is 4. The van der Waals surface area contributed by atoms with Gasteiger partial charge in [0.15, 0.2) is 17.3 Å². The van der Waals surface area contributed by atoms with Crippen LogP contribution in [0.4, 0.5) is 5.69 Å². The van der Waals surface area contributed by atoms with Gasteiger partial charge in [-0.1, -0.05) is 23.7 Å². The van der Waals surface area contributed by atoms with Gasteiger partial charge in [0.2, 0.25) is 0 Å². The van der Waals surface area contributed by atoms with Crippen LogP contribution in [-0.2, 0) is 0 Å². The van der Waals surface area contributed by atoms with Crippen molar-refractivity contribution in [3.8, 4) is 11.5 Å². The minimum absolute atomic E-state index is 0.164. The number of anilines is 1. The van der Waals surface area contributed by atoms with Crippen LogP contribution in [0.3, 0.4) is 0 Å². The maximum atomic E-state index is 12.4. The third kappa shape index (κ3) is 3.63. The first kappa shape index (κ1) is 17.5. The van der Waals surface area contributed by atoms with E-state index in [1.807, 2.05) is 0 Å². The fourth-order valence-electron chi connectivity index (χ4n) is 2.86. The zero-order chi connectivity index (χ0) is 18.8. The van der Waals surface area contributed by atoms with E-state index in [4.69, 9.17) is 25.5 Å². The Labute approximate surface area is 160 Å². The number of ether oxygens (including phenoxy) is 2. The minimum atomic E-state index is -0.995. The van der Waals surface area contributed by atoms with Crippen LogP contribution in [0.5, 0.6) is 11.5 Å². The van der Waals surface area contributed by atoms with Gasteiger partial charge in [-0.3, -0.25) is 4.79 Å². The second kappa shape index (κ2) is 7.34.